The van der Waals surface area contributed by atoms with Crippen LogP contribution in [0.3, 0.4) is 0 Å². The Hall–Kier alpha value is -1.55. The van der Waals surface area contributed by atoms with Gasteiger partial charge in [0.1, 0.15) is 0 Å². The lowest BCUT2D eigenvalue weighted by Gasteiger charge is -2.31. The number of benzene rings is 1. The van der Waals surface area contributed by atoms with Crippen LogP contribution in [0.4, 0.5) is 5.69 Å². The molecule has 0 spiro atoms. The fourth-order valence-electron chi connectivity index (χ4n) is 1.89. The first-order valence-electron chi connectivity index (χ1n) is 7.09. The van der Waals surface area contributed by atoms with Crippen LogP contribution in [0.2, 0.25) is 0 Å². The number of hydrazine groups is 1. The summed E-state index contributed by atoms with van der Waals surface area (Å²) in [5.41, 5.74) is 3.67. The number of unbranched alkanes of at least 4 members (excludes halogenated alkanes) is 1. The van der Waals surface area contributed by atoms with Crippen LogP contribution in [0.15, 0.2) is 35.3 Å². The van der Waals surface area contributed by atoms with E-state index in [9.17, 15) is 0 Å². The summed E-state index contributed by atoms with van der Waals surface area (Å²) in [5.74, 6) is 6.41. The zero-order valence-corrected chi connectivity index (χ0v) is 12.3. The number of nitrogens with two attached hydrogens (primary N) is 1. The van der Waals surface area contributed by atoms with Gasteiger partial charge in [0.05, 0.1) is 5.69 Å². The molecule has 1 aromatic carbocycles. The third kappa shape index (κ3) is 4.91. The molecule has 106 valence electrons. The first-order valence-corrected chi connectivity index (χ1v) is 7.09. The minimum atomic E-state index is 0.421. The molecule has 19 heavy (non-hydrogen) atoms. The average molecular weight is 262 g/mol. The Labute approximate surface area is 116 Å². The molecular weight excluding hydrogens is 236 g/mol. The van der Waals surface area contributed by atoms with Crippen LogP contribution >= 0.6 is 0 Å². The Kier molecular flexibility index (Phi) is 6.97. The van der Waals surface area contributed by atoms with E-state index < -0.39 is 0 Å². The molecule has 4 heteroatoms. The topological polar surface area (TPSA) is 53.6 Å². The highest BCUT2D eigenvalue weighted by molar-refractivity contribution is 5.82. The molecule has 1 aromatic rings. The number of nitrogens with one attached hydrogen (secondary N) is 1. The number of hydrogen-bond donors (Lipinski definition) is 2. The van der Waals surface area contributed by atoms with Crippen LogP contribution in [0.1, 0.15) is 40.0 Å². The summed E-state index contributed by atoms with van der Waals surface area (Å²) in [5, 5.41) is 0. The van der Waals surface area contributed by atoms with Crippen molar-refractivity contribution in [3.05, 3.63) is 30.3 Å². The van der Waals surface area contributed by atoms with Crippen molar-refractivity contribution in [2.45, 2.75) is 46.1 Å². The maximum absolute atomic E-state index is 5.66. The van der Waals surface area contributed by atoms with E-state index in [1.165, 1.54) is 0 Å². The van der Waals surface area contributed by atoms with Crippen molar-refractivity contribution in [2.24, 2.45) is 10.8 Å². The van der Waals surface area contributed by atoms with Crippen molar-refractivity contribution in [2.75, 3.05) is 6.54 Å². The highest BCUT2D eigenvalue weighted by Crippen LogP contribution is 2.13. The lowest BCUT2D eigenvalue weighted by molar-refractivity contribution is 0.307. The van der Waals surface area contributed by atoms with Crippen molar-refractivity contribution < 1.29 is 0 Å². The molecule has 0 amide bonds. The fraction of sp³-hybridized carbons (Fsp3) is 0.533. The van der Waals surface area contributed by atoms with Gasteiger partial charge in [0.15, 0.2) is 0 Å². The van der Waals surface area contributed by atoms with E-state index in [0.29, 0.717) is 6.04 Å². The quantitative estimate of drug-likeness (QED) is 0.358. The second kappa shape index (κ2) is 8.53. The van der Waals surface area contributed by atoms with Gasteiger partial charge in [-0.3, -0.25) is 5.43 Å². The van der Waals surface area contributed by atoms with E-state index in [-0.39, 0.29) is 0 Å². The molecule has 0 aliphatic heterocycles. The summed E-state index contributed by atoms with van der Waals surface area (Å²) in [7, 11) is 0. The first-order chi connectivity index (χ1) is 9.22. The number of aliphatic imine (C=N–C) groups is 1. The van der Waals surface area contributed by atoms with Gasteiger partial charge < -0.3 is 4.90 Å². The van der Waals surface area contributed by atoms with E-state index >= 15 is 0 Å². The van der Waals surface area contributed by atoms with Crippen LogP contribution in [0.5, 0.6) is 0 Å². The SMILES string of the molecule is CCCCN(C(=Nc1ccccc1)NN)C(C)CC. The third-order valence-electron chi connectivity index (χ3n) is 3.27. The minimum absolute atomic E-state index is 0.421. The van der Waals surface area contributed by atoms with Crippen LogP contribution in [0.25, 0.3) is 0 Å². The van der Waals surface area contributed by atoms with Crippen molar-refractivity contribution >= 4 is 11.6 Å². The molecule has 1 rings (SSSR count). The molecular formula is C15H26N4. The van der Waals surface area contributed by atoms with E-state index in [0.717, 1.165) is 37.5 Å². The molecule has 0 fully saturated rings. The van der Waals surface area contributed by atoms with Crippen molar-refractivity contribution in [3.63, 3.8) is 0 Å². The Morgan fingerprint density at radius 1 is 1.32 bits per heavy atom. The summed E-state index contributed by atoms with van der Waals surface area (Å²) in [6, 6.07) is 10.3. The summed E-state index contributed by atoms with van der Waals surface area (Å²) in [6.07, 6.45) is 3.37. The molecule has 0 radical (unpaired) electrons. The minimum Gasteiger partial charge on any atom is -0.339 e. The molecule has 3 N–H and O–H groups in total. The summed E-state index contributed by atoms with van der Waals surface area (Å²) >= 11 is 0. The Morgan fingerprint density at radius 2 is 2.00 bits per heavy atom. The van der Waals surface area contributed by atoms with E-state index in [4.69, 9.17) is 5.84 Å². The molecule has 0 aliphatic rings. The fourth-order valence-corrected chi connectivity index (χ4v) is 1.89. The standard InChI is InChI=1S/C15H26N4/c1-4-6-12-19(13(3)5-2)15(18-16)17-14-10-8-7-9-11-14/h7-11,13H,4-6,12,16H2,1-3H3,(H,17,18). The maximum Gasteiger partial charge on any atom is 0.213 e. The lowest BCUT2D eigenvalue weighted by Crippen LogP contribution is -2.48. The third-order valence-corrected chi connectivity index (χ3v) is 3.27. The molecule has 0 aliphatic carbocycles. The van der Waals surface area contributed by atoms with Gasteiger partial charge in [0.25, 0.3) is 0 Å². The molecule has 0 heterocycles. The Balaban J connectivity index is 2.91. The predicted octanol–water partition coefficient (Wildman–Crippen LogP) is 3.04. The predicted molar refractivity (Wildman–Crippen MR) is 82.2 cm³/mol. The number of hydrogen-bond acceptors (Lipinski definition) is 2. The van der Waals surface area contributed by atoms with Gasteiger partial charge in [-0.2, -0.15) is 0 Å². The molecule has 0 saturated heterocycles. The molecule has 4 nitrogen and oxygen atoms in total. The van der Waals surface area contributed by atoms with Crippen LogP contribution in [0, 0.1) is 0 Å². The average Bonchev–Trinajstić information content (AvgIpc) is 2.46. The van der Waals surface area contributed by atoms with Gasteiger partial charge in [0.2, 0.25) is 5.96 Å². The van der Waals surface area contributed by atoms with E-state index in [2.05, 4.69) is 36.1 Å². The van der Waals surface area contributed by atoms with Crippen LogP contribution < -0.4 is 11.3 Å². The summed E-state index contributed by atoms with van der Waals surface area (Å²) in [6.45, 7) is 7.55. The molecule has 0 bridgehead atoms. The highest BCUT2D eigenvalue weighted by Gasteiger charge is 2.15. The number of rotatable bonds is 6. The van der Waals surface area contributed by atoms with Gasteiger partial charge in [-0.15, -0.1) is 0 Å². The van der Waals surface area contributed by atoms with Gasteiger partial charge in [-0.1, -0.05) is 38.5 Å². The summed E-state index contributed by atoms with van der Waals surface area (Å²) in [4.78, 5) is 6.85. The maximum atomic E-state index is 5.66. The molecule has 1 unspecified atom stereocenters. The van der Waals surface area contributed by atoms with Crippen molar-refractivity contribution in [1.29, 1.82) is 0 Å². The van der Waals surface area contributed by atoms with Crippen LogP contribution in [-0.4, -0.2) is 23.4 Å². The largest absolute Gasteiger partial charge is 0.339 e. The van der Waals surface area contributed by atoms with Gasteiger partial charge >= 0.3 is 0 Å². The normalized spacial score (nSPS) is 13.2. The Bertz CT molecular complexity index is 375. The second-order valence-corrected chi connectivity index (χ2v) is 4.72. The van der Waals surface area contributed by atoms with Gasteiger partial charge in [-0.05, 0) is 31.9 Å². The smallest absolute Gasteiger partial charge is 0.213 e. The Morgan fingerprint density at radius 3 is 2.53 bits per heavy atom. The number of para-hydroxylation sites is 1. The lowest BCUT2D eigenvalue weighted by atomic mass is 10.2. The second-order valence-electron chi connectivity index (χ2n) is 4.72. The molecule has 1 atom stereocenters. The van der Waals surface area contributed by atoms with Crippen molar-refractivity contribution in [3.8, 4) is 0 Å². The van der Waals surface area contributed by atoms with Crippen molar-refractivity contribution in [1.82, 2.24) is 10.3 Å². The summed E-state index contributed by atoms with van der Waals surface area (Å²) < 4.78 is 0. The molecule has 0 aromatic heterocycles. The van der Waals surface area contributed by atoms with Gasteiger partial charge in [-0.25, -0.2) is 10.8 Å². The van der Waals surface area contributed by atoms with E-state index in [1.807, 2.05) is 30.3 Å². The zero-order valence-electron chi connectivity index (χ0n) is 12.3. The highest BCUT2D eigenvalue weighted by atomic mass is 15.4. The first kappa shape index (κ1) is 15.5. The molecule has 0 saturated carbocycles. The monoisotopic (exact) mass is 262 g/mol. The van der Waals surface area contributed by atoms with Crippen LogP contribution in [-0.2, 0) is 0 Å². The zero-order chi connectivity index (χ0) is 14.1. The number of nitrogens with zero attached hydrogens (tertiary/aromatic N) is 2. The van der Waals surface area contributed by atoms with E-state index in [1.54, 1.807) is 0 Å². The number of guanidine groups is 1. The van der Waals surface area contributed by atoms with Gasteiger partial charge in [0, 0.05) is 12.6 Å².